The van der Waals surface area contributed by atoms with Gasteiger partial charge in [-0.15, -0.1) is 10.2 Å². The molecule has 0 aliphatic carbocycles. The fourth-order valence-electron chi connectivity index (χ4n) is 1.67. The third-order valence-electron chi connectivity index (χ3n) is 2.83. The van der Waals surface area contributed by atoms with Crippen LogP contribution in [0.15, 0.2) is 23.4 Å². The number of rotatable bonds is 5. The molecule has 0 aliphatic rings. The van der Waals surface area contributed by atoms with Crippen LogP contribution in [0.3, 0.4) is 0 Å². The SMILES string of the molecule is Cn1cnnc1CCNS(=O)(=O)c1ccc(F)c(N)c1F. The van der Waals surface area contributed by atoms with E-state index in [-0.39, 0.29) is 13.0 Å². The number of hydrogen-bond acceptors (Lipinski definition) is 5. The highest BCUT2D eigenvalue weighted by atomic mass is 32.2. The van der Waals surface area contributed by atoms with E-state index in [9.17, 15) is 17.2 Å². The largest absolute Gasteiger partial charge is 0.394 e. The van der Waals surface area contributed by atoms with E-state index in [1.165, 1.54) is 6.33 Å². The standard InChI is InChI=1S/C11H13F2N5O2S/c1-18-6-15-17-9(18)4-5-16-21(19,20)8-3-2-7(12)11(14)10(8)13/h2-3,6,16H,4-5,14H2,1H3. The average Bonchev–Trinajstić information content (AvgIpc) is 2.81. The second-order valence-electron chi connectivity index (χ2n) is 4.28. The molecule has 7 nitrogen and oxygen atoms in total. The Hall–Kier alpha value is -2.07. The van der Waals surface area contributed by atoms with Crippen molar-refractivity contribution in [2.24, 2.45) is 7.05 Å². The molecule has 0 bridgehead atoms. The fourth-order valence-corrected chi connectivity index (χ4v) is 2.78. The summed E-state index contributed by atoms with van der Waals surface area (Å²) < 4.78 is 54.5. The van der Waals surface area contributed by atoms with Gasteiger partial charge in [0.2, 0.25) is 10.0 Å². The minimum absolute atomic E-state index is 0.00835. The minimum Gasteiger partial charge on any atom is -0.394 e. The van der Waals surface area contributed by atoms with Crippen molar-refractivity contribution in [3.63, 3.8) is 0 Å². The molecule has 3 N–H and O–H groups in total. The first-order valence-electron chi connectivity index (χ1n) is 5.89. The second-order valence-corrected chi connectivity index (χ2v) is 6.01. The van der Waals surface area contributed by atoms with E-state index in [4.69, 9.17) is 5.73 Å². The molecule has 1 heterocycles. The lowest BCUT2D eigenvalue weighted by atomic mass is 10.3. The van der Waals surface area contributed by atoms with E-state index >= 15 is 0 Å². The summed E-state index contributed by atoms with van der Waals surface area (Å²) in [5, 5.41) is 7.43. The highest BCUT2D eigenvalue weighted by molar-refractivity contribution is 7.89. The predicted octanol–water partition coefficient (Wildman–Crippen LogP) is 0.196. The van der Waals surface area contributed by atoms with Crippen LogP contribution in [-0.4, -0.2) is 29.7 Å². The zero-order valence-corrected chi connectivity index (χ0v) is 11.9. The minimum atomic E-state index is -4.13. The molecule has 2 rings (SSSR count). The zero-order chi connectivity index (χ0) is 15.6. The van der Waals surface area contributed by atoms with Crippen LogP contribution in [0.1, 0.15) is 5.82 Å². The van der Waals surface area contributed by atoms with Crippen molar-refractivity contribution >= 4 is 15.7 Å². The van der Waals surface area contributed by atoms with Crippen LogP contribution in [0, 0.1) is 11.6 Å². The summed E-state index contributed by atoms with van der Waals surface area (Å²) in [6.07, 6.45) is 1.75. The number of nitrogens with two attached hydrogens (primary N) is 1. The Morgan fingerprint density at radius 3 is 2.71 bits per heavy atom. The quantitative estimate of drug-likeness (QED) is 0.767. The molecular weight excluding hydrogens is 304 g/mol. The Morgan fingerprint density at radius 1 is 1.38 bits per heavy atom. The number of hydrogen-bond donors (Lipinski definition) is 2. The number of benzene rings is 1. The number of sulfonamides is 1. The Morgan fingerprint density at radius 2 is 2.10 bits per heavy atom. The van der Waals surface area contributed by atoms with E-state index in [1.54, 1.807) is 11.6 Å². The van der Waals surface area contributed by atoms with Crippen LogP contribution < -0.4 is 10.5 Å². The molecule has 0 saturated carbocycles. The summed E-state index contributed by atoms with van der Waals surface area (Å²) in [5.41, 5.74) is 4.31. The van der Waals surface area contributed by atoms with Gasteiger partial charge in [0.15, 0.2) is 5.82 Å². The molecule has 21 heavy (non-hydrogen) atoms. The maximum absolute atomic E-state index is 13.7. The number of anilines is 1. The number of nitrogen functional groups attached to an aromatic ring is 1. The van der Waals surface area contributed by atoms with E-state index in [0.717, 1.165) is 12.1 Å². The second kappa shape index (κ2) is 5.74. The normalized spacial score (nSPS) is 11.8. The molecule has 0 amide bonds. The number of halogens is 2. The molecule has 2 aromatic rings. The Bertz CT molecular complexity index is 760. The van der Waals surface area contributed by atoms with Gasteiger partial charge >= 0.3 is 0 Å². The maximum atomic E-state index is 13.7. The highest BCUT2D eigenvalue weighted by Crippen LogP contribution is 2.22. The molecule has 114 valence electrons. The van der Waals surface area contributed by atoms with Gasteiger partial charge in [-0.05, 0) is 12.1 Å². The lowest BCUT2D eigenvalue weighted by Crippen LogP contribution is -2.27. The first-order chi connectivity index (χ1) is 9.83. The molecular formula is C11H13F2N5O2S. The monoisotopic (exact) mass is 317 g/mol. The van der Waals surface area contributed by atoms with Crippen LogP contribution >= 0.6 is 0 Å². The molecule has 0 spiro atoms. The lowest BCUT2D eigenvalue weighted by Gasteiger charge is -2.09. The van der Waals surface area contributed by atoms with Crippen LogP contribution in [0.2, 0.25) is 0 Å². The summed E-state index contributed by atoms with van der Waals surface area (Å²) in [7, 11) is -2.41. The summed E-state index contributed by atoms with van der Waals surface area (Å²) in [6, 6.07) is 1.63. The predicted molar refractivity (Wildman–Crippen MR) is 70.7 cm³/mol. The van der Waals surface area contributed by atoms with Crippen LogP contribution in [0.25, 0.3) is 0 Å². The van der Waals surface area contributed by atoms with Crippen molar-refractivity contribution in [2.75, 3.05) is 12.3 Å². The van der Waals surface area contributed by atoms with Gasteiger partial charge in [0.1, 0.15) is 28.6 Å². The van der Waals surface area contributed by atoms with Crippen molar-refractivity contribution in [1.29, 1.82) is 0 Å². The summed E-state index contributed by atoms with van der Waals surface area (Å²) >= 11 is 0. The summed E-state index contributed by atoms with van der Waals surface area (Å²) in [5.74, 6) is -1.75. The van der Waals surface area contributed by atoms with Crippen LogP contribution in [0.4, 0.5) is 14.5 Å². The van der Waals surface area contributed by atoms with Crippen molar-refractivity contribution in [1.82, 2.24) is 19.5 Å². The Labute approximate surface area is 119 Å². The van der Waals surface area contributed by atoms with Gasteiger partial charge < -0.3 is 10.3 Å². The van der Waals surface area contributed by atoms with Crippen LogP contribution in [0.5, 0.6) is 0 Å². The molecule has 0 fully saturated rings. The molecule has 1 aromatic carbocycles. The summed E-state index contributed by atoms with van der Waals surface area (Å²) in [6.45, 7) is -0.00835. The number of nitrogens with zero attached hydrogens (tertiary/aromatic N) is 3. The number of nitrogens with one attached hydrogen (secondary N) is 1. The molecule has 0 unspecified atom stereocenters. The lowest BCUT2D eigenvalue weighted by molar-refractivity contribution is 0.547. The Balaban J connectivity index is 2.12. The van der Waals surface area contributed by atoms with Crippen molar-refractivity contribution in [2.45, 2.75) is 11.3 Å². The van der Waals surface area contributed by atoms with Crippen molar-refractivity contribution < 1.29 is 17.2 Å². The zero-order valence-electron chi connectivity index (χ0n) is 11.0. The topological polar surface area (TPSA) is 103 Å². The van der Waals surface area contributed by atoms with Gasteiger partial charge in [-0.3, -0.25) is 0 Å². The smallest absolute Gasteiger partial charge is 0.243 e. The molecule has 0 atom stereocenters. The van der Waals surface area contributed by atoms with E-state index in [2.05, 4.69) is 14.9 Å². The maximum Gasteiger partial charge on any atom is 0.243 e. The van der Waals surface area contributed by atoms with Gasteiger partial charge in [0.05, 0.1) is 0 Å². The van der Waals surface area contributed by atoms with Gasteiger partial charge in [0, 0.05) is 20.0 Å². The highest BCUT2D eigenvalue weighted by Gasteiger charge is 2.22. The molecule has 0 saturated heterocycles. The van der Waals surface area contributed by atoms with Gasteiger partial charge in [-0.1, -0.05) is 0 Å². The van der Waals surface area contributed by atoms with E-state index in [0.29, 0.717) is 5.82 Å². The van der Waals surface area contributed by atoms with Crippen molar-refractivity contribution in [3.8, 4) is 0 Å². The first-order valence-corrected chi connectivity index (χ1v) is 7.37. The van der Waals surface area contributed by atoms with Crippen LogP contribution in [-0.2, 0) is 23.5 Å². The van der Waals surface area contributed by atoms with Crippen molar-refractivity contribution in [3.05, 3.63) is 35.9 Å². The van der Waals surface area contributed by atoms with Gasteiger partial charge in [-0.25, -0.2) is 21.9 Å². The Kier molecular flexibility index (Phi) is 4.19. The van der Waals surface area contributed by atoms with E-state index in [1.807, 2.05) is 0 Å². The third kappa shape index (κ3) is 3.16. The molecule has 0 radical (unpaired) electrons. The van der Waals surface area contributed by atoms with Gasteiger partial charge in [0.25, 0.3) is 0 Å². The fraction of sp³-hybridized carbons (Fsp3) is 0.273. The average molecular weight is 317 g/mol. The number of aromatic nitrogens is 3. The van der Waals surface area contributed by atoms with Gasteiger partial charge in [-0.2, -0.15) is 0 Å². The summed E-state index contributed by atoms with van der Waals surface area (Å²) in [4.78, 5) is -0.695. The molecule has 1 aromatic heterocycles. The number of aryl methyl sites for hydroxylation is 1. The molecule has 0 aliphatic heterocycles. The van der Waals surface area contributed by atoms with E-state index < -0.39 is 32.2 Å². The third-order valence-corrected chi connectivity index (χ3v) is 4.30. The molecule has 10 heteroatoms. The first kappa shape index (κ1) is 15.3.